The van der Waals surface area contributed by atoms with Crippen LogP contribution in [-0.4, -0.2) is 10.8 Å². The maximum absolute atomic E-state index is 11.8. The minimum atomic E-state index is -0.481. The van der Waals surface area contributed by atoms with E-state index in [-0.39, 0.29) is 11.6 Å². The maximum atomic E-state index is 11.8. The SMILES string of the molecule is O=C(CCc1cccc(Cl)c1)Nc1ccc([N+](=O)[O-])cc1. The second-order valence-corrected chi connectivity index (χ2v) is 4.92. The van der Waals surface area contributed by atoms with Gasteiger partial charge in [0.2, 0.25) is 5.91 Å². The van der Waals surface area contributed by atoms with Gasteiger partial charge < -0.3 is 5.32 Å². The van der Waals surface area contributed by atoms with Crippen molar-refractivity contribution in [2.75, 3.05) is 5.32 Å². The summed E-state index contributed by atoms with van der Waals surface area (Å²) < 4.78 is 0. The Morgan fingerprint density at radius 3 is 2.52 bits per heavy atom. The lowest BCUT2D eigenvalue weighted by atomic mass is 10.1. The third-order valence-electron chi connectivity index (χ3n) is 2.89. The monoisotopic (exact) mass is 304 g/mol. The number of anilines is 1. The van der Waals surface area contributed by atoms with Crippen molar-refractivity contribution >= 4 is 28.9 Å². The number of amides is 1. The molecule has 5 nitrogen and oxygen atoms in total. The highest BCUT2D eigenvalue weighted by Crippen LogP contribution is 2.16. The number of aryl methyl sites for hydroxylation is 1. The molecule has 0 unspecified atom stereocenters. The number of halogens is 1. The quantitative estimate of drug-likeness (QED) is 0.674. The predicted molar refractivity (Wildman–Crippen MR) is 81.5 cm³/mol. The summed E-state index contributed by atoms with van der Waals surface area (Å²) in [6, 6.07) is 13.1. The fourth-order valence-electron chi connectivity index (χ4n) is 1.84. The Morgan fingerprint density at radius 2 is 1.90 bits per heavy atom. The molecule has 0 heterocycles. The van der Waals surface area contributed by atoms with Crippen LogP contribution < -0.4 is 5.32 Å². The lowest BCUT2D eigenvalue weighted by Crippen LogP contribution is -2.12. The van der Waals surface area contributed by atoms with Crippen LogP contribution >= 0.6 is 11.6 Å². The van der Waals surface area contributed by atoms with Crippen molar-refractivity contribution in [3.05, 3.63) is 69.2 Å². The minimum absolute atomic E-state index is 0.00748. The number of carbonyl (C=O) groups excluding carboxylic acids is 1. The molecule has 0 atom stereocenters. The molecule has 6 heteroatoms. The third kappa shape index (κ3) is 4.57. The van der Waals surface area contributed by atoms with Crippen LogP contribution in [0.2, 0.25) is 5.02 Å². The second-order valence-electron chi connectivity index (χ2n) is 4.48. The third-order valence-corrected chi connectivity index (χ3v) is 3.13. The predicted octanol–water partition coefficient (Wildman–Crippen LogP) is 3.82. The first-order valence-electron chi connectivity index (χ1n) is 6.33. The first-order valence-corrected chi connectivity index (χ1v) is 6.71. The highest BCUT2D eigenvalue weighted by atomic mass is 35.5. The molecule has 0 radical (unpaired) electrons. The summed E-state index contributed by atoms with van der Waals surface area (Å²) in [6.07, 6.45) is 0.900. The number of non-ortho nitro benzene ring substituents is 1. The van der Waals surface area contributed by atoms with Crippen molar-refractivity contribution < 1.29 is 9.72 Å². The van der Waals surface area contributed by atoms with Gasteiger partial charge in [-0.3, -0.25) is 14.9 Å². The van der Waals surface area contributed by atoms with Crippen molar-refractivity contribution in [2.45, 2.75) is 12.8 Å². The average Bonchev–Trinajstić information content (AvgIpc) is 2.46. The minimum Gasteiger partial charge on any atom is -0.326 e. The number of nitro benzene ring substituents is 1. The number of benzene rings is 2. The van der Waals surface area contributed by atoms with Gasteiger partial charge in [-0.2, -0.15) is 0 Å². The van der Waals surface area contributed by atoms with Gasteiger partial charge in [-0.15, -0.1) is 0 Å². The standard InChI is InChI=1S/C15H13ClN2O3/c16-12-3-1-2-11(10-12)4-9-15(19)17-13-5-7-14(8-6-13)18(20)21/h1-3,5-8,10H,4,9H2,(H,17,19). The molecule has 0 aliphatic carbocycles. The summed E-state index contributed by atoms with van der Waals surface area (Å²) in [4.78, 5) is 21.9. The van der Waals surface area contributed by atoms with E-state index in [2.05, 4.69) is 5.32 Å². The molecule has 2 rings (SSSR count). The molecule has 108 valence electrons. The molecule has 0 aromatic heterocycles. The summed E-state index contributed by atoms with van der Waals surface area (Å²) >= 11 is 5.87. The molecule has 0 spiro atoms. The van der Waals surface area contributed by atoms with Crippen LogP contribution in [0.3, 0.4) is 0 Å². The van der Waals surface area contributed by atoms with Gasteiger partial charge in [-0.1, -0.05) is 23.7 Å². The van der Waals surface area contributed by atoms with E-state index < -0.39 is 4.92 Å². The van der Waals surface area contributed by atoms with Crippen molar-refractivity contribution in [1.29, 1.82) is 0 Å². The molecule has 0 aliphatic rings. The van der Waals surface area contributed by atoms with Crippen molar-refractivity contribution in [1.82, 2.24) is 0 Å². The van der Waals surface area contributed by atoms with Gasteiger partial charge in [-0.05, 0) is 36.2 Å². The number of carbonyl (C=O) groups is 1. The van der Waals surface area contributed by atoms with Crippen molar-refractivity contribution in [3.8, 4) is 0 Å². The van der Waals surface area contributed by atoms with Crippen molar-refractivity contribution in [2.24, 2.45) is 0 Å². The first-order chi connectivity index (χ1) is 10.0. The summed E-state index contributed by atoms with van der Waals surface area (Å²) in [5, 5.41) is 13.9. The van der Waals surface area contributed by atoms with Crippen LogP contribution in [0.25, 0.3) is 0 Å². The van der Waals surface area contributed by atoms with E-state index in [0.29, 0.717) is 23.6 Å². The number of hydrogen-bond acceptors (Lipinski definition) is 3. The van der Waals surface area contributed by atoms with Crippen LogP contribution in [-0.2, 0) is 11.2 Å². The molecule has 0 aliphatic heterocycles. The number of hydrogen-bond donors (Lipinski definition) is 1. The molecule has 2 aromatic carbocycles. The Balaban J connectivity index is 1.88. The zero-order valence-corrected chi connectivity index (χ0v) is 11.8. The molecular weight excluding hydrogens is 292 g/mol. The van der Waals surface area contributed by atoms with E-state index >= 15 is 0 Å². The highest BCUT2D eigenvalue weighted by molar-refractivity contribution is 6.30. The Kier molecular flexibility index (Phi) is 4.90. The van der Waals surface area contributed by atoms with Gasteiger partial charge in [0.25, 0.3) is 5.69 Å². The summed E-state index contributed by atoms with van der Waals surface area (Å²) in [6.45, 7) is 0. The van der Waals surface area contributed by atoms with Crippen LogP contribution in [0.1, 0.15) is 12.0 Å². The van der Waals surface area contributed by atoms with Crippen LogP contribution in [0.15, 0.2) is 48.5 Å². The van der Waals surface area contributed by atoms with E-state index in [1.54, 1.807) is 6.07 Å². The maximum Gasteiger partial charge on any atom is 0.269 e. The Morgan fingerprint density at radius 1 is 1.19 bits per heavy atom. The molecule has 0 bridgehead atoms. The fraction of sp³-hybridized carbons (Fsp3) is 0.133. The van der Waals surface area contributed by atoms with E-state index in [9.17, 15) is 14.9 Å². The Bertz CT molecular complexity index is 656. The molecule has 0 saturated carbocycles. The van der Waals surface area contributed by atoms with Gasteiger partial charge in [0.15, 0.2) is 0 Å². The topological polar surface area (TPSA) is 72.2 Å². The van der Waals surface area contributed by atoms with Gasteiger partial charge >= 0.3 is 0 Å². The van der Waals surface area contributed by atoms with Gasteiger partial charge in [0.1, 0.15) is 0 Å². The molecule has 1 amide bonds. The zero-order chi connectivity index (χ0) is 15.2. The molecule has 0 fully saturated rings. The largest absolute Gasteiger partial charge is 0.326 e. The van der Waals surface area contributed by atoms with Crippen LogP contribution in [0.4, 0.5) is 11.4 Å². The van der Waals surface area contributed by atoms with E-state index in [1.165, 1.54) is 24.3 Å². The van der Waals surface area contributed by atoms with Crippen LogP contribution in [0.5, 0.6) is 0 Å². The number of nitro groups is 1. The lowest BCUT2D eigenvalue weighted by molar-refractivity contribution is -0.384. The molecule has 21 heavy (non-hydrogen) atoms. The summed E-state index contributed by atoms with van der Waals surface area (Å²) in [5.74, 6) is -0.149. The number of nitrogens with one attached hydrogen (secondary N) is 1. The van der Waals surface area contributed by atoms with E-state index in [0.717, 1.165) is 5.56 Å². The van der Waals surface area contributed by atoms with Gasteiger partial charge in [-0.25, -0.2) is 0 Å². The molecule has 2 aromatic rings. The number of rotatable bonds is 5. The van der Waals surface area contributed by atoms with E-state index in [4.69, 9.17) is 11.6 Å². The fourth-order valence-corrected chi connectivity index (χ4v) is 2.05. The van der Waals surface area contributed by atoms with Crippen LogP contribution in [0, 0.1) is 10.1 Å². The van der Waals surface area contributed by atoms with Gasteiger partial charge in [0, 0.05) is 29.3 Å². The summed E-state index contributed by atoms with van der Waals surface area (Å²) in [7, 11) is 0. The first kappa shape index (κ1) is 15.0. The normalized spacial score (nSPS) is 10.1. The highest BCUT2D eigenvalue weighted by Gasteiger charge is 2.07. The lowest BCUT2D eigenvalue weighted by Gasteiger charge is -2.05. The summed E-state index contributed by atoms with van der Waals surface area (Å²) in [5.41, 5.74) is 1.52. The average molecular weight is 305 g/mol. The Hall–Kier alpha value is -2.40. The number of nitrogens with zero attached hydrogens (tertiary/aromatic N) is 1. The molecule has 0 saturated heterocycles. The van der Waals surface area contributed by atoms with Gasteiger partial charge in [0.05, 0.1) is 4.92 Å². The van der Waals surface area contributed by atoms with Crippen molar-refractivity contribution in [3.63, 3.8) is 0 Å². The molecular formula is C15H13ClN2O3. The second kappa shape index (κ2) is 6.85. The molecule has 1 N–H and O–H groups in total. The Labute approximate surface area is 126 Å². The smallest absolute Gasteiger partial charge is 0.269 e. The zero-order valence-electron chi connectivity index (χ0n) is 11.1. The van der Waals surface area contributed by atoms with E-state index in [1.807, 2.05) is 18.2 Å².